The average Bonchev–Trinajstić information content (AvgIpc) is 3.28. The fourth-order valence-corrected chi connectivity index (χ4v) is 4.69. The number of fused-ring (bicyclic) bond motifs is 1. The maximum atomic E-state index is 13.3. The second kappa shape index (κ2) is 12.9. The zero-order valence-electron chi connectivity index (χ0n) is 23.6. The van der Waals surface area contributed by atoms with Crippen LogP contribution >= 0.6 is 11.6 Å². The van der Waals surface area contributed by atoms with Gasteiger partial charge in [0, 0.05) is 35.6 Å². The van der Waals surface area contributed by atoms with Crippen LogP contribution in [0.3, 0.4) is 0 Å². The van der Waals surface area contributed by atoms with Gasteiger partial charge in [0.15, 0.2) is 0 Å². The van der Waals surface area contributed by atoms with Gasteiger partial charge in [0.05, 0.1) is 12.7 Å². The molecule has 0 saturated heterocycles. The number of rotatable bonds is 9. The van der Waals surface area contributed by atoms with Crippen molar-refractivity contribution < 1.29 is 23.9 Å². The van der Waals surface area contributed by atoms with E-state index in [2.05, 4.69) is 10.6 Å². The highest BCUT2D eigenvalue weighted by molar-refractivity contribution is 6.31. The summed E-state index contributed by atoms with van der Waals surface area (Å²) in [4.78, 5) is 37.6. The van der Waals surface area contributed by atoms with Crippen molar-refractivity contribution in [1.29, 1.82) is 0 Å². The number of aromatic nitrogens is 1. The Balaban J connectivity index is 1.58. The summed E-state index contributed by atoms with van der Waals surface area (Å²) in [7, 11) is 1.34. The number of halogens is 1. The lowest BCUT2D eigenvalue weighted by atomic mass is 9.99. The van der Waals surface area contributed by atoms with E-state index in [1.807, 2.05) is 65.2 Å². The summed E-state index contributed by atoms with van der Waals surface area (Å²) in [6.07, 6.45) is -0.0484. The van der Waals surface area contributed by atoms with E-state index in [-0.39, 0.29) is 19.0 Å². The molecule has 0 fully saturated rings. The van der Waals surface area contributed by atoms with Crippen LogP contribution in [0.25, 0.3) is 10.9 Å². The number of amides is 2. The zero-order valence-corrected chi connectivity index (χ0v) is 24.4. The van der Waals surface area contributed by atoms with Crippen molar-refractivity contribution in [3.05, 3.63) is 106 Å². The highest BCUT2D eigenvalue weighted by atomic mass is 35.5. The van der Waals surface area contributed by atoms with Crippen LogP contribution < -0.4 is 10.6 Å². The molecule has 41 heavy (non-hydrogen) atoms. The quantitative estimate of drug-likeness (QED) is 0.189. The largest absolute Gasteiger partial charge is 0.465 e. The van der Waals surface area contributed by atoms with Gasteiger partial charge in [-0.1, -0.05) is 54.1 Å². The number of hydrogen-bond donors (Lipinski definition) is 2. The maximum Gasteiger partial charge on any atom is 0.407 e. The average molecular weight is 576 g/mol. The Kier molecular flexibility index (Phi) is 9.35. The van der Waals surface area contributed by atoms with Crippen molar-refractivity contribution in [3.63, 3.8) is 0 Å². The molecule has 0 unspecified atom stereocenters. The molecule has 0 atom stereocenters. The summed E-state index contributed by atoms with van der Waals surface area (Å²) in [6, 6.07) is 23.0. The summed E-state index contributed by atoms with van der Waals surface area (Å²) in [6.45, 7) is 6.35. The predicted octanol–water partition coefficient (Wildman–Crippen LogP) is 5.97. The molecule has 0 radical (unpaired) electrons. The molecular weight excluding hydrogens is 542 g/mol. The van der Waals surface area contributed by atoms with Crippen LogP contribution in [0.15, 0.2) is 72.8 Å². The van der Waals surface area contributed by atoms with Crippen molar-refractivity contribution in [3.8, 4) is 0 Å². The number of benzene rings is 3. The van der Waals surface area contributed by atoms with Gasteiger partial charge in [-0.2, -0.15) is 0 Å². The molecule has 1 aromatic heterocycles. The van der Waals surface area contributed by atoms with Crippen LogP contribution in [0.4, 0.5) is 4.79 Å². The number of ether oxygens (including phenoxy) is 2. The number of carbonyl (C=O) groups is 3. The molecule has 9 heteroatoms. The van der Waals surface area contributed by atoms with Crippen molar-refractivity contribution in [2.45, 2.75) is 39.3 Å². The number of esters is 1. The Morgan fingerprint density at radius 3 is 2.32 bits per heavy atom. The van der Waals surface area contributed by atoms with E-state index in [9.17, 15) is 14.4 Å². The number of nitrogens with one attached hydrogen (secondary N) is 2. The molecule has 0 aliphatic heterocycles. The first-order valence-corrected chi connectivity index (χ1v) is 13.7. The second-order valence-electron chi connectivity index (χ2n) is 10.6. The molecule has 8 nitrogen and oxygen atoms in total. The summed E-state index contributed by atoms with van der Waals surface area (Å²) < 4.78 is 12.2. The standard InChI is InChI=1S/C32H34ClN3O5/c1-32(2,3)41-31(39)35-15-14-34-29(37)28-18-24-17-22(16-23-11-12-25(33)19-26(23)30(38)40-4)10-13-27(24)36(28)20-21-8-6-5-7-9-21/h5-13,17-19H,14-16,20H2,1-4H3,(H,34,37)(H,35,39). The van der Waals surface area contributed by atoms with Gasteiger partial charge in [0.25, 0.3) is 5.91 Å². The Morgan fingerprint density at radius 2 is 1.61 bits per heavy atom. The summed E-state index contributed by atoms with van der Waals surface area (Å²) >= 11 is 6.13. The first-order chi connectivity index (χ1) is 19.5. The highest BCUT2D eigenvalue weighted by Gasteiger charge is 2.19. The normalized spacial score (nSPS) is 11.2. The highest BCUT2D eigenvalue weighted by Crippen LogP contribution is 2.26. The third-order valence-corrected chi connectivity index (χ3v) is 6.57. The minimum Gasteiger partial charge on any atom is -0.465 e. The van der Waals surface area contributed by atoms with E-state index < -0.39 is 17.7 Å². The number of alkyl carbamates (subject to hydrolysis) is 1. The SMILES string of the molecule is COC(=O)c1cc(Cl)ccc1Cc1ccc2c(c1)cc(C(=O)NCCNC(=O)OC(C)(C)C)n2Cc1ccccc1. The molecule has 1 heterocycles. The number of methoxy groups -OCH3 is 1. The molecule has 4 rings (SSSR count). The van der Waals surface area contributed by atoms with Crippen molar-refractivity contribution in [2.24, 2.45) is 0 Å². The molecule has 4 aromatic rings. The fraction of sp³-hybridized carbons (Fsp3) is 0.281. The van der Waals surface area contributed by atoms with E-state index in [1.54, 1.807) is 32.9 Å². The van der Waals surface area contributed by atoms with Gasteiger partial charge < -0.3 is 24.7 Å². The Labute approximate surface area is 244 Å². The lowest BCUT2D eigenvalue weighted by molar-refractivity contribution is 0.0525. The van der Waals surface area contributed by atoms with Gasteiger partial charge in [-0.15, -0.1) is 0 Å². The molecule has 3 aromatic carbocycles. The summed E-state index contributed by atoms with van der Waals surface area (Å²) in [5.41, 5.74) is 4.04. The van der Waals surface area contributed by atoms with Crippen molar-refractivity contribution in [1.82, 2.24) is 15.2 Å². The van der Waals surface area contributed by atoms with Crippen LogP contribution in [0.2, 0.25) is 5.02 Å². The first kappa shape index (κ1) is 29.7. The molecule has 2 amide bonds. The molecule has 2 N–H and O–H groups in total. The van der Waals surface area contributed by atoms with Crippen LogP contribution in [0, 0.1) is 0 Å². The molecular formula is C32H34ClN3O5. The third kappa shape index (κ3) is 7.89. The van der Waals surface area contributed by atoms with Gasteiger partial charge >= 0.3 is 12.1 Å². The molecule has 214 valence electrons. The van der Waals surface area contributed by atoms with Crippen molar-refractivity contribution >= 4 is 40.5 Å². The monoisotopic (exact) mass is 575 g/mol. The van der Waals surface area contributed by atoms with Crippen LogP contribution in [0.5, 0.6) is 0 Å². The van der Waals surface area contributed by atoms with Gasteiger partial charge in [-0.25, -0.2) is 9.59 Å². The smallest absolute Gasteiger partial charge is 0.407 e. The maximum absolute atomic E-state index is 13.3. The Morgan fingerprint density at radius 1 is 0.878 bits per heavy atom. The zero-order chi connectivity index (χ0) is 29.6. The molecule has 0 bridgehead atoms. The Bertz CT molecular complexity index is 1560. The van der Waals surface area contributed by atoms with E-state index in [1.165, 1.54) is 7.11 Å². The minimum atomic E-state index is -0.598. The van der Waals surface area contributed by atoms with E-state index in [0.717, 1.165) is 27.6 Å². The van der Waals surface area contributed by atoms with Crippen LogP contribution in [0.1, 0.15) is 58.3 Å². The topological polar surface area (TPSA) is 98.7 Å². The lowest BCUT2D eigenvalue weighted by Gasteiger charge is -2.19. The van der Waals surface area contributed by atoms with Gasteiger partial charge in [-0.3, -0.25) is 4.79 Å². The van der Waals surface area contributed by atoms with Crippen LogP contribution in [-0.4, -0.2) is 48.3 Å². The lowest BCUT2D eigenvalue weighted by Crippen LogP contribution is -2.38. The van der Waals surface area contributed by atoms with Crippen LogP contribution in [-0.2, 0) is 22.4 Å². The van der Waals surface area contributed by atoms with Gasteiger partial charge in [0.2, 0.25) is 0 Å². The fourth-order valence-electron chi connectivity index (χ4n) is 4.52. The van der Waals surface area contributed by atoms with Gasteiger partial charge in [-0.05, 0) is 74.2 Å². The summed E-state index contributed by atoms with van der Waals surface area (Å²) in [5.74, 6) is -0.701. The minimum absolute atomic E-state index is 0.229. The predicted molar refractivity (Wildman–Crippen MR) is 160 cm³/mol. The third-order valence-electron chi connectivity index (χ3n) is 6.33. The second-order valence-corrected chi connectivity index (χ2v) is 11.1. The van der Waals surface area contributed by atoms with E-state index >= 15 is 0 Å². The molecule has 0 aliphatic rings. The molecule has 0 saturated carbocycles. The van der Waals surface area contributed by atoms with E-state index in [4.69, 9.17) is 21.1 Å². The van der Waals surface area contributed by atoms with Crippen molar-refractivity contribution in [2.75, 3.05) is 20.2 Å². The Hall–Kier alpha value is -4.30. The molecule has 0 aliphatic carbocycles. The first-order valence-electron chi connectivity index (χ1n) is 13.3. The summed E-state index contributed by atoms with van der Waals surface area (Å²) in [5, 5.41) is 6.90. The van der Waals surface area contributed by atoms with Gasteiger partial charge in [0.1, 0.15) is 11.3 Å². The number of hydrogen-bond acceptors (Lipinski definition) is 5. The van der Waals surface area contributed by atoms with E-state index in [0.29, 0.717) is 29.2 Å². The molecule has 0 spiro atoms. The number of carbonyl (C=O) groups excluding carboxylic acids is 3. The number of nitrogens with zero attached hydrogens (tertiary/aromatic N) is 1.